The van der Waals surface area contributed by atoms with Gasteiger partial charge in [-0.15, -0.1) is 0 Å². The fourth-order valence-corrected chi connectivity index (χ4v) is 2.47. The molecule has 0 aromatic carbocycles. The van der Waals surface area contributed by atoms with Gasteiger partial charge in [0.15, 0.2) is 0 Å². The summed E-state index contributed by atoms with van der Waals surface area (Å²) in [5, 5.41) is 2.85. The van der Waals surface area contributed by atoms with Crippen LogP contribution in [0.1, 0.15) is 52.9 Å². The Labute approximate surface area is 117 Å². The van der Waals surface area contributed by atoms with Gasteiger partial charge in [0.25, 0.3) is 0 Å². The minimum absolute atomic E-state index is 0.109. The lowest BCUT2D eigenvalue weighted by molar-refractivity contribution is 0.0580. The number of nitrogens with one attached hydrogen (secondary N) is 1. The van der Waals surface area contributed by atoms with Gasteiger partial charge in [-0.05, 0) is 79.4 Å². The van der Waals surface area contributed by atoms with Gasteiger partial charge in [0.1, 0.15) is 6.10 Å². The highest BCUT2D eigenvalue weighted by Gasteiger charge is 2.25. The maximum Gasteiger partial charge on any atom is 0.407 e. The Morgan fingerprint density at radius 2 is 1.79 bits per heavy atom. The second-order valence-corrected chi connectivity index (χ2v) is 7.01. The zero-order valence-corrected chi connectivity index (χ0v) is 13.2. The standard InChI is InChI=1S/C15H30N2O2/c1-15(2,3)16-14(18)19-13-8-6-12(7-9-13)10-11-17(4)5/h12-13H,6-11H2,1-5H3,(H,16,18). The molecule has 1 aliphatic rings. The second-order valence-electron chi connectivity index (χ2n) is 7.01. The highest BCUT2D eigenvalue weighted by molar-refractivity contribution is 5.68. The summed E-state index contributed by atoms with van der Waals surface area (Å²) in [5.41, 5.74) is -0.222. The van der Waals surface area contributed by atoms with Gasteiger partial charge in [0.2, 0.25) is 0 Å². The maximum atomic E-state index is 11.7. The fraction of sp³-hybridized carbons (Fsp3) is 0.933. The lowest BCUT2D eigenvalue weighted by Gasteiger charge is -2.30. The molecule has 1 aliphatic carbocycles. The lowest BCUT2D eigenvalue weighted by Crippen LogP contribution is -2.42. The van der Waals surface area contributed by atoms with Crippen molar-refractivity contribution in [2.75, 3.05) is 20.6 Å². The number of hydrogen-bond donors (Lipinski definition) is 1. The highest BCUT2D eigenvalue weighted by atomic mass is 16.6. The molecule has 0 bridgehead atoms. The Bertz CT molecular complexity index is 276. The van der Waals surface area contributed by atoms with Crippen molar-refractivity contribution in [3.8, 4) is 0 Å². The molecular formula is C15H30N2O2. The number of carbonyl (C=O) groups is 1. The Hall–Kier alpha value is -0.770. The summed E-state index contributed by atoms with van der Waals surface area (Å²) < 4.78 is 5.48. The molecule has 112 valence electrons. The maximum absolute atomic E-state index is 11.7. The van der Waals surface area contributed by atoms with E-state index in [0.717, 1.165) is 25.3 Å². The molecule has 4 heteroatoms. The monoisotopic (exact) mass is 270 g/mol. The van der Waals surface area contributed by atoms with Crippen molar-refractivity contribution in [2.24, 2.45) is 5.92 Å². The van der Waals surface area contributed by atoms with Crippen molar-refractivity contribution in [3.63, 3.8) is 0 Å². The number of alkyl carbamates (subject to hydrolysis) is 1. The first-order chi connectivity index (χ1) is 8.76. The van der Waals surface area contributed by atoms with Gasteiger partial charge in [-0.1, -0.05) is 0 Å². The number of ether oxygens (including phenoxy) is 1. The van der Waals surface area contributed by atoms with E-state index in [1.54, 1.807) is 0 Å². The number of amides is 1. The molecule has 0 saturated heterocycles. The van der Waals surface area contributed by atoms with E-state index in [0.29, 0.717) is 0 Å². The van der Waals surface area contributed by atoms with Gasteiger partial charge in [0.05, 0.1) is 0 Å². The minimum atomic E-state index is -0.274. The third-order valence-corrected chi connectivity index (χ3v) is 3.53. The summed E-state index contributed by atoms with van der Waals surface area (Å²) in [6.07, 6.45) is 5.48. The van der Waals surface area contributed by atoms with E-state index in [1.807, 2.05) is 20.8 Å². The summed E-state index contributed by atoms with van der Waals surface area (Å²) in [6.45, 7) is 7.05. The van der Waals surface area contributed by atoms with Crippen LogP contribution in [0.4, 0.5) is 4.79 Å². The summed E-state index contributed by atoms with van der Waals surface area (Å²) in [7, 11) is 4.23. The molecule has 0 aliphatic heterocycles. The van der Waals surface area contributed by atoms with Crippen molar-refractivity contribution in [1.29, 1.82) is 0 Å². The average Bonchev–Trinajstić information content (AvgIpc) is 2.25. The molecule has 1 saturated carbocycles. The van der Waals surface area contributed by atoms with E-state index in [1.165, 1.54) is 19.3 Å². The predicted octanol–water partition coefficient (Wildman–Crippen LogP) is 3.02. The van der Waals surface area contributed by atoms with Crippen molar-refractivity contribution >= 4 is 6.09 Å². The van der Waals surface area contributed by atoms with Crippen LogP contribution in [-0.4, -0.2) is 43.3 Å². The minimum Gasteiger partial charge on any atom is -0.446 e. The van der Waals surface area contributed by atoms with Crippen LogP contribution in [0.5, 0.6) is 0 Å². The summed E-state index contributed by atoms with van der Waals surface area (Å²) in [5.74, 6) is 0.799. The summed E-state index contributed by atoms with van der Waals surface area (Å²) in [4.78, 5) is 13.9. The molecule has 1 N–H and O–H groups in total. The van der Waals surface area contributed by atoms with E-state index in [4.69, 9.17) is 4.74 Å². The smallest absolute Gasteiger partial charge is 0.407 e. The molecule has 0 aromatic heterocycles. The van der Waals surface area contributed by atoms with Crippen LogP contribution in [0.25, 0.3) is 0 Å². The largest absolute Gasteiger partial charge is 0.446 e. The fourth-order valence-electron chi connectivity index (χ4n) is 2.47. The van der Waals surface area contributed by atoms with Crippen molar-refractivity contribution < 1.29 is 9.53 Å². The summed E-state index contributed by atoms with van der Waals surface area (Å²) in [6, 6.07) is 0. The molecule has 0 heterocycles. The van der Waals surface area contributed by atoms with Gasteiger partial charge in [-0.2, -0.15) is 0 Å². The van der Waals surface area contributed by atoms with E-state index < -0.39 is 0 Å². The number of nitrogens with zero attached hydrogens (tertiary/aromatic N) is 1. The topological polar surface area (TPSA) is 41.6 Å². The molecule has 0 atom stereocenters. The van der Waals surface area contributed by atoms with E-state index in [2.05, 4.69) is 24.3 Å². The Morgan fingerprint density at radius 1 is 1.21 bits per heavy atom. The van der Waals surface area contributed by atoms with Crippen LogP contribution in [0.2, 0.25) is 0 Å². The van der Waals surface area contributed by atoms with Crippen LogP contribution in [-0.2, 0) is 4.74 Å². The van der Waals surface area contributed by atoms with Gasteiger partial charge in [-0.25, -0.2) is 4.79 Å². The molecule has 1 fully saturated rings. The molecule has 19 heavy (non-hydrogen) atoms. The highest BCUT2D eigenvalue weighted by Crippen LogP contribution is 2.28. The first-order valence-electron chi connectivity index (χ1n) is 7.40. The van der Waals surface area contributed by atoms with Crippen LogP contribution in [0, 0.1) is 5.92 Å². The zero-order chi connectivity index (χ0) is 14.5. The Kier molecular flexibility index (Phi) is 6.11. The molecule has 1 rings (SSSR count). The first-order valence-corrected chi connectivity index (χ1v) is 7.40. The molecule has 0 radical (unpaired) electrons. The second kappa shape index (κ2) is 7.13. The third kappa shape index (κ3) is 7.41. The van der Waals surface area contributed by atoms with Crippen LogP contribution in [0.15, 0.2) is 0 Å². The number of hydrogen-bond acceptors (Lipinski definition) is 3. The van der Waals surface area contributed by atoms with E-state index in [-0.39, 0.29) is 17.7 Å². The Balaban J connectivity index is 2.21. The number of carbonyl (C=O) groups excluding carboxylic acids is 1. The predicted molar refractivity (Wildman–Crippen MR) is 78.3 cm³/mol. The van der Waals surface area contributed by atoms with Crippen LogP contribution >= 0.6 is 0 Å². The van der Waals surface area contributed by atoms with Gasteiger partial charge in [0, 0.05) is 5.54 Å². The SMILES string of the molecule is CN(C)CCC1CCC(OC(=O)NC(C)(C)C)CC1. The number of rotatable bonds is 4. The zero-order valence-electron chi connectivity index (χ0n) is 13.2. The summed E-state index contributed by atoms with van der Waals surface area (Å²) >= 11 is 0. The Morgan fingerprint density at radius 3 is 2.26 bits per heavy atom. The van der Waals surface area contributed by atoms with E-state index >= 15 is 0 Å². The molecule has 0 aromatic rings. The average molecular weight is 270 g/mol. The molecule has 1 amide bonds. The lowest BCUT2D eigenvalue weighted by atomic mass is 9.85. The quantitative estimate of drug-likeness (QED) is 0.854. The normalized spacial score (nSPS) is 24.3. The molecule has 0 spiro atoms. The molecular weight excluding hydrogens is 240 g/mol. The van der Waals surface area contributed by atoms with Crippen molar-refractivity contribution in [3.05, 3.63) is 0 Å². The van der Waals surface area contributed by atoms with Crippen molar-refractivity contribution in [2.45, 2.75) is 64.5 Å². The molecule has 4 nitrogen and oxygen atoms in total. The van der Waals surface area contributed by atoms with Gasteiger partial charge in [-0.3, -0.25) is 0 Å². The van der Waals surface area contributed by atoms with Gasteiger partial charge >= 0.3 is 6.09 Å². The van der Waals surface area contributed by atoms with E-state index in [9.17, 15) is 4.79 Å². The molecule has 0 unspecified atom stereocenters. The van der Waals surface area contributed by atoms with Crippen molar-refractivity contribution in [1.82, 2.24) is 10.2 Å². The third-order valence-electron chi connectivity index (χ3n) is 3.53. The van der Waals surface area contributed by atoms with Crippen LogP contribution in [0.3, 0.4) is 0 Å². The van der Waals surface area contributed by atoms with Crippen LogP contribution < -0.4 is 5.32 Å². The van der Waals surface area contributed by atoms with Gasteiger partial charge < -0.3 is 15.0 Å². The first kappa shape index (κ1) is 16.3.